The zero-order valence-electron chi connectivity index (χ0n) is 16.5. The summed E-state index contributed by atoms with van der Waals surface area (Å²) in [4.78, 5) is 26.8. The highest BCUT2D eigenvalue weighted by atomic mass is 16.2. The van der Waals surface area contributed by atoms with Crippen LogP contribution in [0.15, 0.2) is 65.6 Å². The largest absolute Gasteiger partial charge is 0.318 e. The van der Waals surface area contributed by atoms with Crippen LogP contribution in [-0.2, 0) is 18.3 Å². The first-order chi connectivity index (χ1) is 13.5. The van der Waals surface area contributed by atoms with Crippen LogP contribution >= 0.6 is 0 Å². The number of benzene rings is 2. The Morgan fingerprint density at radius 1 is 0.929 bits per heavy atom. The van der Waals surface area contributed by atoms with E-state index >= 15 is 0 Å². The van der Waals surface area contributed by atoms with E-state index < -0.39 is 0 Å². The van der Waals surface area contributed by atoms with E-state index in [1.54, 1.807) is 11.6 Å². The number of anilines is 1. The van der Waals surface area contributed by atoms with Gasteiger partial charge in [-0.25, -0.2) is 0 Å². The van der Waals surface area contributed by atoms with Gasteiger partial charge in [0.05, 0.1) is 6.04 Å². The predicted molar refractivity (Wildman–Crippen MR) is 113 cm³/mol. The zero-order valence-corrected chi connectivity index (χ0v) is 16.5. The van der Waals surface area contributed by atoms with Crippen molar-refractivity contribution in [3.05, 3.63) is 87.8 Å². The standard InChI is InChI=1S/C24H24N2O2/c1-16-13-21(15-25(3)24(16)28)20-10-9-19-11-12-23(27)26(22(19)14-20)17(2)18-7-5-4-6-8-18/h4-10,13-15,17H,11-12H2,1-3H3/t17-/m1/s1. The number of amides is 1. The van der Waals surface area contributed by atoms with Crippen LogP contribution in [0.4, 0.5) is 5.69 Å². The van der Waals surface area contributed by atoms with E-state index in [4.69, 9.17) is 0 Å². The molecule has 1 atom stereocenters. The van der Waals surface area contributed by atoms with Crippen molar-refractivity contribution in [2.24, 2.45) is 7.05 Å². The molecule has 0 bridgehead atoms. The van der Waals surface area contributed by atoms with Crippen molar-refractivity contribution in [2.45, 2.75) is 32.7 Å². The number of carbonyl (C=O) groups excluding carboxylic acids is 1. The number of nitrogens with zero attached hydrogens (tertiary/aromatic N) is 2. The number of hydrogen-bond acceptors (Lipinski definition) is 2. The van der Waals surface area contributed by atoms with Crippen LogP contribution in [0.2, 0.25) is 0 Å². The summed E-state index contributed by atoms with van der Waals surface area (Å²) in [5.41, 5.74) is 5.99. The predicted octanol–water partition coefficient (Wildman–Crippen LogP) is 4.40. The summed E-state index contributed by atoms with van der Waals surface area (Å²) in [5, 5.41) is 0. The lowest BCUT2D eigenvalue weighted by atomic mass is 9.94. The summed E-state index contributed by atoms with van der Waals surface area (Å²) in [6.45, 7) is 3.91. The Labute approximate surface area is 165 Å². The molecule has 2 heterocycles. The first-order valence-corrected chi connectivity index (χ1v) is 9.63. The SMILES string of the molecule is Cc1cc(-c2ccc3c(c2)N([C@H](C)c2ccccc2)C(=O)CC3)cn(C)c1=O. The van der Waals surface area contributed by atoms with Gasteiger partial charge in [0.25, 0.3) is 5.56 Å². The molecule has 0 saturated carbocycles. The van der Waals surface area contributed by atoms with Gasteiger partial charge in [-0.05, 0) is 54.7 Å². The molecule has 1 aliphatic heterocycles. The summed E-state index contributed by atoms with van der Waals surface area (Å²) in [7, 11) is 1.77. The number of hydrogen-bond donors (Lipinski definition) is 0. The van der Waals surface area contributed by atoms with E-state index in [1.165, 1.54) is 5.56 Å². The molecule has 0 unspecified atom stereocenters. The molecular weight excluding hydrogens is 348 g/mol. The summed E-state index contributed by atoms with van der Waals surface area (Å²) < 4.78 is 1.61. The molecule has 1 amide bonds. The minimum atomic E-state index is -0.0372. The monoisotopic (exact) mass is 372 g/mol. The lowest BCUT2D eigenvalue weighted by Crippen LogP contribution is -2.37. The number of carbonyl (C=O) groups is 1. The molecule has 0 spiro atoms. The van der Waals surface area contributed by atoms with Crippen molar-refractivity contribution in [1.82, 2.24) is 4.57 Å². The first-order valence-electron chi connectivity index (χ1n) is 9.63. The molecule has 0 aliphatic carbocycles. The highest BCUT2D eigenvalue weighted by molar-refractivity contribution is 5.98. The van der Waals surface area contributed by atoms with Gasteiger partial charge in [-0.3, -0.25) is 9.59 Å². The Kier molecular flexibility index (Phi) is 4.63. The normalized spacial score (nSPS) is 14.7. The maximum Gasteiger partial charge on any atom is 0.253 e. The Balaban J connectivity index is 1.81. The second kappa shape index (κ2) is 7.12. The average molecular weight is 372 g/mol. The van der Waals surface area contributed by atoms with Crippen LogP contribution in [-0.4, -0.2) is 10.5 Å². The molecule has 142 valence electrons. The number of aromatic nitrogens is 1. The third-order valence-corrected chi connectivity index (χ3v) is 5.59. The lowest BCUT2D eigenvalue weighted by Gasteiger charge is -2.35. The zero-order chi connectivity index (χ0) is 19.8. The fourth-order valence-corrected chi connectivity index (χ4v) is 4.02. The van der Waals surface area contributed by atoms with E-state index in [-0.39, 0.29) is 17.5 Å². The smallest absolute Gasteiger partial charge is 0.253 e. The highest BCUT2D eigenvalue weighted by Crippen LogP contribution is 2.37. The van der Waals surface area contributed by atoms with Crippen LogP contribution in [0.5, 0.6) is 0 Å². The molecule has 1 aromatic heterocycles. The molecule has 3 aromatic rings. The number of aryl methyl sites for hydroxylation is 3. The Hall–Kier alpha value is -3.14. The summed E-state index contributed by atoms with van der Waals surface area (Å²) in [5.74, 6) is 0.151. The average Bonchev–Trinajstić information content (AvgIpc) is 2.71. The van der Waals surface area contributed by atoms with Crippen molar-refractivity contribution in [1.29, 1.82) is 0 Å². The molecule has 4 nitrogen and oxygen atoms in total. The van der Waals surface area contributed by atoms with Crippen LogP contribution in [0.25, 0.3) is 11.1 Å². The Morgan fingerprint density at radius 3 is 2.39 bits per heavy atom. The maximum atomic E-state index is 12.9. The van der Waals surface area contributed by atoms with Crippen LogP contribution in [0, 0.1) is 6.92 Å². The second-order valence-electron chi connectivity index (χ2n) is 7.52. The van der Waals surface area contributed by atoms with Crippen LogP contribution in [0.3, 0.4) is 0 Å². The number of pyridine rings is 1. The van der Waals surface area contributed by atoms with E-state index in [2.05, 4.69) is 37.3 Å². The quantitative estimate of drug-likeness (QED) is 0.684. The van der Waals surface area contributed by atoms with Gasteiger partial charge < -0.3 is 9.47 Å². The molecule has 0 fully saturated rings. The minimum Gasteiger partial charge on any atom is -0.318 e. The van der Waals surface area contributed by atoms with Gasteiger partial charge in [0.15, 0.2) is 0 Å². The first kappa shape index (κ1) is 18.2. The van der Waals surface area contributed by atoms with Gasteiger partial charge in [0.2, 0.25) is 5.91 Å². The van der Waals surface area contributed by atoms with Gasteiger partial charge in [-0.2, -0.15) is 0 Å². The molecule has 0 radical (unpaired) electrons. The molecule has 4 rings (SSSR count). The third kappa shape index (κ3) is 3.15. The van der Waals surface area contributed by atoms with Gasteiger partial charge >= 0.3 is 0 Å². The molecule has 0 N–H and O–H groups in total. The summed E-state index contributed by atoms with van der Waals surface area (Å²) in [6.07, 6.45) is 3.15. The lowest BCUT2D eigenvalue weighted by molar-refractivity contribution is -0.119. The van der Waals surface area contributed by atoms with Crippen LogP contribution in [0.1, 0.15) is 36.1 Å². The van der Waals surface area contributed by atoms with Crippen molar-refractivity contribution < 1.29 is 4.79 Å². The van der Waals surface area contributed by atoms with Crippen molar-refractivity contribution >= 4 is 11.6 Å². The molecule has 28 heavy (non-hydrogen) atoms. The van der Waals surface area contributed by atoms with E-state index in [1.807, 2.05) is 42.3 Å². The van der Waals surface area contributed by atoms with E-state index in [0.29, 0.717) is 12.0 Å². The molecular formula is C24H24N2O2. The minimum absolute atomic E-state index is 0.0104. The molecule has 2 aromatic carbocycles. The third-order valence-electron chi connectivity index (χ3n) is 5.59. The maximum absolute atomic E-state index is 12.9. The molecule has 0 saturated heterocycles. The van der Waals surface area contributed by atoms with Crippen molar-refractivity contribution in [3.63, 3.8) is 0 Å². The van der Waals surface area contributed by atoms with Gasteiger partial charge in [0, 0.05) is 30.9 Å². The van der Waals surface area contributed by atoms with Crippen molar-refractivity contribution in [3.8, 4) is 11.1 Å². The van der Waals surface area contributed by atoms with Crippen molar-refractivity contribution in [2.75, 3.05) is 4.90 Å². The Morgan fingerprint density at radius 2 is 1.68 bits per heavy atom. The fourth-order valence-electron chi connectivity index (χ4n) is 4.02. The number of fused-ring (bicyclic) bond motifs is 1. The van der Waals surface area contributed by atoms with Crippen LogP contribution < -0.4 is 10.5 Å². The van der Waals surface area contributed by atoms with Gasteiger partial charge in [0.1, 0.15) is 0 Å². The highest BCUT2D eigenvalue weighted by Gasteiger charge is 2.29. The fraction of sp³-hybridized carbons (Fsp3) is 0.250. The van der Waals surface area contributed by atoms with Gasteiger partial charge in [-0.1, -0.05) is 42.5 Å². The Bertz CT molecular complexity index is 1070. The number of rotatable bonds is 3. The van der Waals surface area contributed by atoms with Gasteiger partial charge in [-0.15, -0.1) is 0 Å². The molecule has 1 aliphatic rings. The summed E-state index contributed by atoms with van der Waals surface area (Å²) in [6, 6.07) is 18.3. The topological polar surface area (TPSA) is 42.3 Å². The molecule has 4 heteroatoms. The van der Waals surface area contributed by atoms with E-state index in [9.17, 15) is 9.59 Å². The second-order valence-corrected chi connectivity index (χ2v) is 7.52. The van der Waals surface area contributed by atoms with E-state index in [0.717, 1.165) is 28.8 Å². The summed E-state index contributed by atoms with van der Waals surface area (Å²) >= 11 is 0.